The maximum atomic E-state index is 6.20. The molecule has 7 rings (SSSR count). The lowest BCUT2D eigenvalue weighted by molar-refractivity contribution is 0.0616. The molecule has 11 heteroatoms. The first-order valence-electron chi connectivity index (χ1n) is 17.3. The molecule has 3 aliphatic rings. The van der Waals surface area contributed by atoms with Gasteiger partial charge in [0.1, 0.15) is 33.9 Å². The van der Waals surface area contributed by atoms with Crippen molar-refractivity contribution in [1.82, 2.24) is 24.9 Å². The summed E-state index contributed by atoms with van der Waals surface area (Å²) in [7, 11) is 0. The lowest BCUT2D eigenvalue weighted by Crippen LogP contribution is -2.41. The van der Waals surface area contributed by atoms with Crippen LogP contribution in [-0.4, -0.2) is 76.0 Å². The van der Waals surface area contributed by atoms with Gasteiger partial charge in [-0.2, -0.15) is 0 Å². The van der Waals surface area contributed by atoms with Gasteiger partial charge >= 0.3 is 0 Å². The van der Waals surface area contributed by atoms with E-state index in [-0.39, 0.29) is 16.6 Å². The Labute approximate surface area is 299 Å². The molecule has 0 fully saturated rings. The predicted octanol–water partition coefficient (Wildman–Crippen LogP) is 7.66. The number of aromatic nitrogens is 5. The van der Waals surface area contributed by atoms with Crippen LogP contribution >= 0.6 is 0 Å². The van der Waals surface area contributed by atoms with Crippen molar-refractivity contribution >= 4 is 17.7 Å². The molecule has 0 N–H and O–H groups in total. The highest BCUT2D eigenvalue weighted by Gasteiger charge is 2.47. The van der Waals surface area contributed by atoms with E-state index in [4.69, 9.17) is 54.1 Å². The van der Waals surface area contributed by atoms with Crippen LogP contribution in [0.4, 0.5) is 0 Å². The molecule has 0 atom stereocenters. The molecule has 11 nitrogen and oxygen atoms in total. The third kappa shape index (κ3) is 5.96. The van der Waals surface area contributed by atoms with Gasteiger partial charge in [0.15, 0.2) is 5.82 Å². The summed E-state index contributed by atoms with van der Waals surface area (Å²) in [6.45, 7) is 24.6. The second kappa shape index (κ2) is 11.2. The van der Waals surface area contributed by atoms with Crippen LogP contribution in [0.1, 0.15) is 100 Å². The van der Waals surface area contributed by atoms with Crippen LogP contribution in [0.15, 0.2) is 76.0 Å². The number of nitrogens with zero attached hydrogens (tertiary/aromatic N) is 8. The van der Waals surface area contributed by atoms with Crippen molar-refractivity contribution < 1.29 is 14.2 Å². The summed E-state index contributed by atoms with van der Waals surface area (Å²) in [6, 6.07) is 13.6. The molecule has 4 aromatic heterocycles. The Kier molecular flexibility index (Phi) is 7.57. The molecule has 3 aliphatic heterocycles. The van der Waals surface area contributed by atoms with Crippen LogP contribution in [0, 0.1) is 0 Å². The van der Waals surface area contributed by atoms with Gasteiger partial charge in [-0.3, -0.25) is 15.0 Å². The summed E-state index contributed by atoms with van der Waals surface area (Å²) in [4.78, 5) is 38.6. The van der Waals surface area contributed by atoms with Crippen LogP contribution < -0.4 is 0 Å². The van der Waals surface area contributed by atoms with Crippen molar-refractivity contribution in [2.24, 2.45) is 15.0 Å². The van der Waals surface area contributed by atoms with Crippen molar-refractivity contribution in [2.75, 3.05) is 0 Å². The van der Waals surface area contributed by atoms with Gasteiger partial charge in [-0.1, -0.05) is 0 Å². The number of rotatable bonds is 6. The second-order valence-corrected chi connectivity index (χ2v) is 16.5. The monoisotopic (exact) mass is 686 g/mol. The average Bonchev–Trinajstić information content (AvgIpc) is 3.53. The lowest BCUT2D eigenvalue weighted by atomic mass is 9.87. The molecule has 264 valence electrons. The number of hydrogen-bond donors (Lipinski definition) is 0. The number of hydrogen-bond acceptors (Lipinski definition) is 11. The van der Waals surface area contributed by atoms with Gasteiger partial charge in [0.2, 0.25) is 17.7 Å². The zero-order valence-corrected chi connectivity index (χ0v) is 31.6. The highest BCUT2D eigenvalue weighted by molar-refractivity contribution is 5.96. The highest BCUT2D eigenvalue weighted by Crippen LogP contribution is 2.39. The molecule has 0 bridgehead atoms. The number of aliphatic imine (C=N–C) groups is 3. The van der Waals surface area contributed by atoms with Crippen LogP contribution in [0.5, 0.6) is 0 Å². The molecular formula is C40H46N8O3. The van der Waals surface area contributed by atoms with Crippen molar-refractivity contribution in [3.63, 3.8) is 0 Å². The van der Waals surface area contributed by atoms with E-state index in [2.05, 4.69) is 41.5 Å². The molecule has 0 saturated carbocycles. The van der Waals surface area contributed by atoms with Crippen LogP contribution in [0.3, 0.4) is 0 Å². The first-order valence-corrected chi connectivity index (χ1v) is 17.3. The Bertz CT molecular complexity index is 1850. The van der Waals surface area contributed by atoms with Crippen molar-refractivity contribution in [2.45, 2.75) is 117 Å². The van der Waals surface area contributed by atoms with E-state index in [0.29, 0.717) is 52.0 Å². The quantitative estimate of drug-likeness (QED) is 0.202. The molecule has 0 unspecified atom stereocenters. The first-order chi connectivity index (χ1) is 23.7. The van der Waals surface area contributed by atoms with Crippen molar-refractivity contribution in [1.29, 1.82) is 0 Å². The summed E-state index contributed by atoms with van der Waals surface area (Å²) < 4.78 is 18.6. The van der Waals surface area contributed by atoms with Gasteiger partial charge < -0.3 is 14.2 Å². The third-order valence-electron chi connectivity index (χ3n) is 11.1. The van der Waals surface area contributed by atoms with E-state index >= 15 is 0 Å². The summed E-state index contributed by atoms with van der Waals surface area (Å²) in [5.41, 5.74) is 3.25. The maximum Gasteiger partial charge on any atom is 0.236 e. The van der Waals surface area contributed by atoms with Gasteiger partial charge in [-0.15, -0.1) is 0 Å². The van der Waals surface area contributed by atoms with Crippen molar-refractivity contribution in [3.05, 3.63) is 78.1 Å². The SMILES string of the molecule is CC1(C)N=C(c2ccc(-c3cc(-c4ccc(C5=NC(C)(C)C(C)(C)O5)nc4)nc(-c4ccc(C5=NC(C)(C)C(C)(C)O5)nc4)n3)cn2)OC1(C)C. The molecule has 0 aromatic carbocycles. The van der Waals surface area contributed by atoms with Gasteiger partial charge in [-0.25, -0.2) is 24.9 Å². The van der Waals surface area contributed by atoms with Gasteiger partial charge in [0, 0.05) is 35.3 Å². The number of pyridine rings is 3. The van der Waals surface area contributed by atoms with Gasteiger partial charge in [0.05, 0.1) is 28.0 Å². The molecule has 51 heavy (non-hydrogen) atoms. The minimum absolute atomic E-state index is 0.377. The van der Waals surface area contributed by atoms with Crippen LogP contribution in [-0.2, 0) is 14.2 Å². The second-order valence-electron chi connectivity index (χ2n) is 16.5. The zero-order chi connectivity index (χ0) is 36.8. The van der Waals surface area contributed by atoms with E-state index < -0.39 is 16.8 Å². The predicted molar refractivity (Wildman–Crippen MR) is 199 cm³/mol. The normalized spacial score (nSPS) is 21.5. The minimum Gasteiger partial charge on any atom is -0.468 e. The van der Waals surface area contributed by atoms with E-state index in [9.17, 15) is 0 Å². The smallest absolute Gasteiger partial charge is 0.236 e. The molecule has 7 heterocycles. The Morgan fingerprint density at radius 3 is 0.961 bits per heavy atom. The van der Waals surface area contributed by atoms with E-state index in [0.717, 1.165) is 16.7 Å². The molecule has 0 amide bonds. The largest absolute Gasteiger partial charge is 0.468 e. The molecule has 4 aromatic rings. The van der Waals surface area contributed by atoms with Gasteiger partial charge in [0.25, 0.3) is 0 Å². The topological polar surface area (TPSA) is 129 Å². The standard InChI is InChI=1S/C40H46N8O3/c1-35(2)38(7,8)49-32(46-35)26-16-13-23(20-41-26)29-19-30(24-14-17-27(42-21-24)33-47-36(3,4)39(9,10)50-33)45-31(44-29)25-15-18-28(43-22-25)34-48-37(5,6)40(11,12)51-34/h13-22H,1-12H3. The Hall–Kier alpha value is -5.06. The summed E-state index contributed by atoms with van der Waals surface area (Å²) in [5.74, 6) is 2.09. The van der Waals surface area contributed by atoms with Crippen LogP contribution in [0.25, 0.3) is 33.9 Å². The fourth-order valence-electron chi connectivity index (χ4n) is 5.53. The Morgan fingerprint density at radius 2 is 0.706 bits per heavy atom. The highest BCUT2D eigenvalue weighted by atomic mass is 16.5. The van der Waals surface area contributed by atoms with Crippen molar-refractivity contribution in [3.8, 4) is 33.9 Å². The third-order valence-corrected chi connectivity index (χ3v) is 11.1. The molecule has 0 saturated heterocycles. The fourth-order valence-corrected chi connectivity index (χ4v) is 5.53. The lowest BCUT2D eigenvalue weighted by Gasteiger charge is -2.30. The summed E-state index contributed by atoms with van der Waals surface area (Å²) in [5, 5.41) is 0. The van der Waals surface area contributed by atoms with Crippen LogP contribution in [0.2, 0.25) is 0 Å². The first kappa shape index (κ1) is 34.4. The molecule has 0 aliphatic carbocycles. The number of ether oxygens (including phenoxy) is 3. The zero-order valence-electron chi connectivity index (χ0n) is 31.6. The Morgan fingerprint density at radius 1 is 0.392 bits per heavy atom. The Balaban J connectivity index is 1.25. The van der Waals surface area contributed by atoms with E-state index in [1.807, 2.05) is 84.0 Å². The van der Waals surface area contributed by atoms with Gasteiger partial charge in [-0.05, 0) is 126 Å². The maximum absolute atomic E-state index is 6.20. The molecule has 0 spiro atoms. The molecular weight excluding hydrogens is 640 g/mol. The van der Waals surface area contributed by atoms with E-state index in [1.54, 1.807) is 18.6 Å². The summed E-state index contributed by atoms with van der Waals surface area (Å²) in [6.07, 6.45) is 5.33. The average molecular weight is 687 g/mol. The summed E-state index contributed by atoms with van der Waals surface area (Å²) >= 11 is 0. The molecule has 0 radical (unpaired) electrons. The fraction of sp³-hybridized carbons (Fsp3) is 0.450. The van der Waals surface area contributed by atoms with E-state index in [1.165, 1.54) is 0 Å². The minimum atomic E-state index is -0.450.